The van der Waals surface area contributed by atoms with Crippen molar-refractivity contribution >= 4 is 16.7 Å². The Morgan fingerprint density at radius 1 is 1.17 bits per heavy atom. The Morgan fingerprint density at radius 2 is 1.86 bits per heavy atom. The molecule has 6 heteroatoms. The average Bonchev–Trinajstić information content (AvgIpc) is 2.67. The van der Waals surface area contributed by atoms with E-state index in [1.54, 1.807) is 12.1 Å². The fourth-order valence-electron chi connectivity index (χ4n) is 4.94. The van der Waals surface area contributed by atoms with Crippen LogP contribution in [0.2, 0.25) is 0 Å². The second-order valence-corrected chi connectivity index (χ2v) is 8.81. The first-order valence-corrected chi connectivity index (χ1v) is 10.3. The SMILES string of the molecule is CC(=O)N[C@@]1(C)CCOC2(CCN(Cc3ccc4cc(O)ccc4c3)CC2)[C@@H]1O. The Kier molecular flexibility index (Phi) is 5.27. The molecule has 0 aromatic heterocycles. The number of hydrogen-bond acceptors (Lipinski definition) is 5. The van der Waals surface area contributed by atoms with Crippen LogP contribution in [0, 0.1) is 0 Å². The van der Waals surface area contributed by atoms with E-state index in [1.165, 1.54) is 12.5 Å². The van der Waals surface area contributed by atoms with E-state index in [4.69, 9.17) is 4.74 Å². The van der Waals surface area contributed by atoms with Gasteiger partial charge >= 0.3 is 0 Å². The molecule has 2 aliphatic heterocycles. The Bertz CT molecular complexity index is 907. The summed E-state index contributed by atoms with van der Waals surface area (Å²) in [6.07, 6.45) is 1.38. The van der Waals surface area contributed by atoms with E-state index < -0.39 is 17.2 Å². The maximum atomic E-state index is 11.6. The van der Waals surface area contributed by atoms with Crippen molar-refractivity contribution in [2.75, 3.05) is 19.7 Å². The van der Waals surface area contributed by atoms with Crippen molar-refractivity contribution in [1.29, 1.82) is 0 Å². The molecule has 0 aliphatic carbocycles. The maximum absolute atomic E-state index is 11.6. The first-order chi connectivity index (χ1) is 13.8. The Labute approximate surface area is 171 Å². The highest BCUT2D eigenvalue weighted by molar-refractivity contribution is 5.84. The summed E-state index contributed by atoms with van der Waals surface area (Å²) in [6, 6.07) is 11.7. The number of nitrogens with zero attached hydrogens (tertiary/aromatic N) is 1. The molecule has 2 heterocycles. The fraction of sp³-hybridized carbons (Fsp3) is 0.522. The summed E-state index contributed by atoms with van der Waals surface area (Å²) in [5, 5.41) is 25.8. The Morgan fingerprint density at radius 3 is 2.59 bits per heavy atom. The molecule has 2 fully saturated rings. The molecule has 0 unspecified atom stereocenters. The molecule has 2 atom stereocenters. The third-order valence-corrected chi connectivity index (χ3v) is 6.57. The maximum Gasteiger partial charge on any atom is 0.217 e. The number of carbonyl (C=O) groups is 1. The van der Waals surface area contributed by atoms with Crippen LogP contribution in [0.3, 0.4) is 0 Å². The number of ether oxygens (including phenoxy) is 1. The van der Waals surface area contributed by atoms with Crippen molar-refractivity contribution in [2.24, 2.45) is 0 Å². The van der Waals surface area contributed by atoms with Gasteiger partial charge in [0, 0.05) is 33.2 Å². The molecule has 0 bridgehead atoms. The molecule has 156 valence electrons. The quantitative estimate of drug-likeness (QED) is 0.740. The van der Waals surface area contributed by atoms with Gasteiger partial charge in [0.25, 0.3) is 0 Å². The molecule has 0 saturated carbocycles. The summed E-state index contributed by atoms with van der Waals surface area (Å²) in [6.45, 7) is 6.47. The number of aliphatic hydroxyl groups excluding tert-OH is 1. The molecule has 4 rings (SSSR count). The van der Waals surface area contributed by atoms with E-state index in [-0.39, 0.29) is 11.7 Å². The lowest BCUT2D eigenvalue weighted by Gasteiger charge is -2.53. The summed E-state index contributed by atoms with van der Waals surface area (Å²) in [4.78, 5) is 14.0. The number of phenolic OH excluding ortho intramolecular Hbond substituents is 1. The molecule has 2 aliphatic rings. The van der Waals surface area contributed by atoms with Crippen molar-refractivity contribution in [3.8, 4) is 5.75 Å². The number of rotatable bonds is 3. The predicted octanol–water partition coefficient (Wildman–Crippen LogP) is 2.56. The summed E-state index contributed by atoms with van der Waals surface area (Å²) >= 11 is 0. The van der Waals surface area contributed by atoms with Crippen LogP contribution in [-0.4, -0.2) is 58.0 Å². The summed E-state index contributed by atoms with van der Waals surface area (Å²) < 4.78 is 6.11. The van der Waals surface area contributed by atoms with Gasteiger partial charge in [-0.2, -0.15) is 0 Å². The van der Waals surface area contributed by atoms with Gasteiger partial charge in [-0.15, -0.1) is 0 Å². The first kappa shape index (κ1) is 20.1. The lowest BCUT2D eigenvalue weighted by atomic mass is 9.73. The molecule has 2 aromatic carbocycles. The number of amides is 1. The molecule has 29 heavy (non-hydrogen) atoms. The molecular weight excluding hydrogens is 368 g/mol. The summed E-state index contributed by atoms with van der Waals surface area (Å²) in [7, 11) is 0. The van der Waals surface area contributed by atoms with Crippen molar-refractivity contribution in [3.63, 3.8) is 0 Å². The molecule has 0 radical (unpaired) electrons. The van der Waals surface area contributed by atoms with Gasteiger partial charge in [0.2, 0.25) is 5.91 Å². The highest BCUT2D eigenvalue weighted by Gasteiger charge is 2.53. The van der Waals surface area contributed by atoms with Gasteiger partial charge in [-0.05, 0) is 60.7 Å². The third kappa shape index (κ3) is 3.97. The molecule has 1 amide bonds. The second-order valence-electron chi connectivity index (χ2n) is 8.81. The van der Waals surface area contributed by atoms with Crippen LogP contribution in [0.4, 0.5) is 0 Å². The van der Waals surface area contributed by atoms with Crippen LogP contribution in [0.1, 0.15) is 38.7 Å². The Balaban J connectivity index is 1.42. The molecule has 2 aromatic rings. The zero-order valence-corrected chi connectivity index (χ0v) is 17.1. The van der Waals surface area contributed by atoms with E-state index in [0.717, 1.165) is 43.2 Å². The fourth-order valence-corrected chi connectivity index (χ4v) is 4.94. The number of aromatic hydroxyl groups is 1. The number of phenols is 1. The normalized spacial score (nSPS) is 27.2. The number of piperidine rings is 1. The topological polar surface area (TPSA) is 82.0 Å². The number of fused-ring (bicyclic) bond motifs is 1. The van der Waals surface area contributed by atoms with Crippen LogP contribution >= 0.6 is 0 Å². The molecular formula is C23H30N2O4. The minimum atomic E-state index is -0.719. The van der Waals surface area contributed by atoms with Crippen LogP contribution in [0.25, 0.3) is 10.8 Å². The van der Waals surface area contributed by atoms with Gasteiger partial charge in [-0.1, -0.05) is 18.2 Å². The minimum absolute atomic E-state index is 0.120. The molecule has 1 spiro atoms. The third-order valence-electron chi connectivity index (χ3n) is 6.57. The highest BCUT2D eigenvalue weighted by atomic mass is 16.5. The van der Waals surface area contributed by atoms with Crippen molar-refractivity contribution in [3.05, 3.63) is 42.0 Å². The standard InChI is InChI=1S/C23H30N2O4/c1-16(26)24-22(2)9-12-29-23(21(22)28)7-10-25(11-8-23)15-17-3-4-19-14-20(27)6-5-18(19)13-17/h3-6,13-14,21,27-28H,7-12,15H2,1-2H3,(H,24,26)/t21-,22+/m1/s1. The number of carbonyl (C=O) groups excluding carboxylic acids is 1. The first-order valence-electron chi connectivity index (χ1n) is 10.3. The van der Waals surface area contributed by atoms with Gasteiger partial charge in [-0.3, -0.25) is 9.69 Å². The molecule has 2 saturated heterocycles. The Hall–Kier alpha value is -2.15. The number of aliphatic hydroxyl groups is 1. The van der Waals surface area contributed by atoms with Crippen molar-refractivity contribution in [2.45, 2.75) is 56.9 Å². The van der Waals surface area contributed by atoms with Gasteiger partial charge in [0.05, 0.1) is 11.1 Å². The number of nitrogens with one attached hydrogen (secondary N) is 1. The van der Waals surface area contributed by atoms with E-state index in [2.05, 4.69) is 22.3 Å². The summed E-state index contributed by atoms with van der Waals surface area (Å²) in [5.74, 6) is 0.162. The second kappa shape index (κ2) is 7.59. The zero-order chi connectivity index (χ0) is 20.6. The number of benzene rings is 2. The largest absolute Gasteiger partial charge is 0.508 e. The smallest absolute Gasteiger partial charge is 0.217 e. The van der Waals surface area contributed by atoms with Crippen LogP contribution in [0.5, 0.6) is 5.75 Å². The lowest BCUT2D eigenvalue weighted by molar-refractivity contribution is -0.208. The van der Waals surface area contributed by atoms with Gasteiger partial charge in [0.1, 0.15) is 11.9 Å². The van der Waals surface area contributed by atoms with E-state index in [0.29, 0.717) is 13.0 Å². The van der Waals surface area contributed by atoms with Crippen LogP contribution < -0.4 is 5.32 Å². The molecule has 6 nitrogen and oxygen atoms in total. The molecule has 3 N–H and O–H groups in total. The number of hydrogen-bond donors (Lipinski definition) is 3. The van der Waals surface area contributed by atoms with Crippen molar-refractivity contribution in [1.82, 2.24) is 10.2 Å². The van der Waals surface area contributed by atoms with Crippen molar-refractivity contribution < 1.29 is 19.7 Å². The average molecular weight is 399 g/mol. The highest BCUT2D eigenvalue weighted by Crippen LogP contribution is 2.40. The van der Waals surface area contributed by atoms with E-state index in [9.17, 15) is 15.0 Å². The monoisotopic (exact) mass is 398 g/mol. The van der Waals surface area contributed by atoms with Gasteiger partial charge in [-0.25, -0.2) is 0 Å². The van der Waals surface area contributed by atoms with E-state index >= 15 is 0 Å². The van der Waals surface area contributed by atoms with Gasteiger partial charge < -0.3 is 20.3 Å². The lowest BCUT2D eigenvalue weighted by Crippen LogP contribution is -2.69. The zero-order valence-electron chi connectivity index (χ0n) is 17.1. The summed E-state index contributed by atoms with van der Waals surface area (Å²) in [5.41, 5.74) is -0.00410. The van der Waals surface area contributed by atoms with E-state index in [1.807, 2.05) is 19.1 Å². The van der Waals surface area contributed by atoms with Crippen LogP contribution in [-0.2, 0) is 16.1 Å². The minimum Gasteiger partial charge on any atom is -0.508 e. The predicted molar refractivity (Wildman–Crippen MR) is 112 cm³/mol. The van der Waals surface area contributed by atoms with Gasteiger partial charge in [0.15, 0.2) is 0 Å². The number of likely N-dealkylation sites (tertiary alicyclic amines) is 1. The van der Waals surface area contributed by atoms with Crippen LogP contribution in [0.15, 0.2) is 36.4 Å².